The number of amides is 2. The highest BCUT2D eigenvalue weighted by molar-refractivity contribution is 6.42. The molecule has 5 heteroatoms. The Morgan fingerprint density at radius 2 is 1.95 bits per heavy atom. The Morgan fingerprint density at radius 1 is 1.19 bits per heavy atom. The van der Waals surface area contributed by atoms with Gasteiger partial charge in [-0.15, -0.1) is 0 Å². The minimum Gasteiger partial charge on any atom is -0.274 e. The van der Waals surface area contributed by atoms with E-state index in [1.807, 2.05) is 6.92 Å². The van der Waals surface area contributed by atoms with Crippen molar-refractivity contribution in [2.24, 2.45) is 23.2 Å². The number of carbonyl (C=O) groups is 2. The number of hydrogen-bond donors (Lipinski definition) is 0. The van der Waals surface area contributed by atoms with Gasteiger partial charge in [0.05, 0.1) is 27.1 Å². The van der Waals surface area contributed by atoms with Gasteiger partial charge in [0.1, 0.15) is 0 Å². The van der Waals surface area contributed by atoms with Crippen LogP contribution in [0.4, 0.5) is 5.69 Å². The van der Waals surface area contributed by atoms with E-state index in [-0.39, 0.29) is 29.6 Å². The summed E-state index contributed by atoms with van der Waals surface area (Å²) in [5, 5.41) is 0.755. The van der Waals surface area contributed by atoms with E-state index in [2.05, 4.69) is 12.2 Å². The summed E-state index contributed by atoms with van der Waals surface area (Å²) in [6.07, 6.45) is 5.08. The number of hydrogen-bond acceptors (Lipinski definition) is 2. The number of rotatable bonds is 1. The van der Waals surface area contributed by atoms with E-state index in [1.54, 1.807) is 18.2 Å². The van der Waals surface area contributed by atoms with Gasteiger partial charge in [-0.1, -0.05) is 35.4 Å². The van der Waals surface area contributed by atoms with Crippen molar-refractivity contribution in [2.45, 2.75) is 13.3 Å². The average Bonchev–Trinajstić information content (AvgIpc) is 3.07. The second-order valence-electron chi connectivity index (χ2n) is 6.23. The Bertz CT molecular complexity index is 714. The van der Waals surface area contributed by atoms with E-state index in [0.29, 0.717) is 15.7 Å². The van der Waals surface area contributed by atoms with Crippen molar-refractivity contribution in [3.05, 3.63) is 40.4 Å². The van der Waals surface area contributed by atoms with Crippen molar-refractivity contribution in [3.63, 3.8) is 0 Å². The lowest BCUT2D eigenvalue weighted by molar-refractivity contribution is -0.127. The summed E-state index contributed by atoms with van der Waals surface area (Å²) in [7, 11) is 0. The normalized spacial score (nSPS) is 36.7. The van der Waals surface area contributed by atoms with Gasteiger partial charge in [0.2, 0.25) is 11.8 Å². The summed E-state index contributed by atoms with van der Waals surface area (Å²) in [6, 6.07) is 4.87. The third-order valence-electron chi connectivity index (χ3n) is 5.27. The van der Waals surface area contributed by atoms with Crippen LogP contribution in [0.5, 0.6) is 0 Å². The van der Waals surface area contributed by atoms with Crippen molar-refractivity contribution in [2.75, 3.05) is 4.90 Å². The van der Waals surface area contributed by atoms with Crippen LogP contribution in [0, 0.1) is 23.2 Å². The van der Waals surface area contributed by atoms with Gasteiger partial charge in [-0.3, -0.25) is 9.59 Å². The van der Waals surface area contributed by atoms with Gasteiger partial charge in [-0.2, -0.15) is 0 Å². The zero-order valence-corrected chi connectivity index (χ0v) is 12.9. The molecule has 1 heterocycles. The molecular formula is C16H13Cl2NO2. The molecule has 0 N–H and O–H groups in total. The minimum absolute atomic E-state index is 0.113. The van der Waals surface area contributed by atoms with Crippen molar-refractivity contribution in [1.29, 1.82) is 0 Å². The molecule has 1 aromatic carbocycles. The highest BCUT2D eigenvalue weighted by Crippen LogP contribution is 2.60. The van der Waals surface area contributed by atoms with Gasteiger partial charge in [0.25, 0.3) is 0 Å². The highest BCUT2D eigenvalue weighted by Gasteiger charge is 2.67. The first kappa shape index (κ1) is 13.4. The third-order valence-corrected chi connectivity index (χ3v) is 6.01. The Labute approximate surface area is 132 Å². The number of fused-ring (bicyclic) bond motifs is 5. The van der Waals surface area contributed by atoms with E-state index in [4.69, 9.17) is 23.2 Å². The maximum Gasteiger partial charge on any atom is 0.241 e. The molecule has 1 aromatic rings. The number of nitrogens with zero attached hydrogens (tertiary/aromatic N) is 1. The SMILES string of the molecule is C[C@@]12C(=O)N(c3ccc(Cl)c(Cl)c3)C(=O)[C@@H]1[C@H]1C=C[C@@H]2C1. The molecule has 4 rings (SSSR count). The lowest BCUT2D eigenvalue weighted by Gasteiger charge is -2.28. The van der Waals surface area contributed by atoms with Crippen LogP contribution in [0.15, 0.2) is 30.4 Å². The van der Waals surface area contributed by atoms with Gasteiger partial charge in [-0.25, -0.2) is 4.90 Å². The van der Waals surface area contributed by atoms with Crippen molar-refractivity contribution >= 4 is 40.7 Å². The first-order valence-corrected chi connectivity index (χ1v) is 7.72. The topological polar surface area (TPSA) is 37.4 Å². The molecule has 1 saturated heterocycles. The molecule has 0 spiro atoms. The molecule has 1 saturated carbocycles. The maximum atomic E-state index is 12.9. The summed E-state index contributed by atoms with van der Waals surface area (Å²) in [5.41, 5.74) is -0.0998. The smallest absolute Gasteiger partial charge is 0.241 e. The Balaban J connectivity index is 1.81. The molecule has 108 valence electrons. The zero-order valence-electron chi connectivity index (χ0n) is 11.3. The lowest BCUT2D eigenvalue weighted by atomic mass is 9.71. The Kier molecular flexibility index (Phi) is 2.61. The van der Waals surface area contributed by atoms with Crippen LogP contribution in [0.25, 0.3) is 0 Å². The molecule has 2 bridgehead atoms. The molecule has 0 unspecified atom stereocenters. The van der Waals surface area contributed by atoms with Gasteiger partial charge < -0.3 is 0 Å². The summed E-state index contributed by atoms with van der Waals surface area (Å²) in [6.45, 7) is 1.92. The second kappa shape index (κ2) is 4.11. The minimum atomic E-state index is -0.609. The van der Waals surface area contributed by atoms with E-state index in [0.717, 1.165) is 6.42 Å². The molecule has 2 fully saturated rings. The van der Waals surface area contributed by atoms with Crippen molar-refractivity contribution in [3.8, 4) is 0 Å². The van der Waals surface area contributed by atoms with Crippen LogP contribution < -0.4 is 4.90 Å². The molecule has 0 aromatic heterocycles. The number of carbonyl (C=O) groups excluding carboxylic acids is 2. The van der Waals surface area contributed by atoms with Gasteiger partial charge in [0.15, 0.2) is 0 Å². The number of allylic oxidation sites excluding steroid dienone is 2. The summed E-state index contributed by atoms with van der Waals surface area (Å²) >= 11 is 11.9. The molecule has 1 aliphatic heterocycles. The van der Waals surface area contributed by atoms with Crippen LogP contribution in [0.3, 0.4) is 0 Å². The van der Waals surface area contributed by atoms with Crippen LogP contribution in [-0.4, -0.2) is 11.8 Å². The summed E-state index contributed by atoms with van der Waals surface area (Å²) in [4.78, 5) is 27.0. The van der Waals surface area contributed by atoms with Crippen LogP contribution in [0.2, 0.25) is 10.0 Å². The first-order valence-electron chi connectivity index (χ1n) is 6.96. The molecule has 3 nitrogen and oxygen atoms in total. The summed E-state index contributed by atoms with van der Waals surface area (Å²) in [5.74, 6) is -0.124. The van der Waals surface area contributed by atoms with Crippen LogP contribution in [-0.2, 0) is 9.59 Å². The van der Waals surface area contributed by atoms with Crippen LogP contribution >= 0.6 is 23.2 Å². The van der Waals surface area contributed by atoms with E-state index >= 15 is 0 Å². The Hall–Kier alpha value is -1.32. The Morgan fingerprint density at radius 3 is 2.62 bits per heavy atom. The standard InChI is InChI=1S/C16H13Cl2NO2/c1-16-9-3-2-8(6-9)13(16)14(20)19(15(16)21)10-4-5-11(17)12(18)7-10/h2-5,7-9,13H,6H2,1H3/t8-,9+,13-,16-/m0/s1. The van der Waals surface area contributed by atoms with E-state index in [9.17, 15) is 9.59 Å². The predicted octanol–water partition coefficient (Wildman–Crippen LogP) is 3.70. The predicted molar refractivity (Wildman–Crippen MR) is 81.3 cm³/mol. The third kappa shape index (κ3) is 1.51. The molecule has 0 radical (unpaired) electrons. The second-order valence-corrected chi connectivity index (χ2v) is 7.04. The van der Waals surface area contributed by atoms with E-state index < -0.39 is 5.41 Å². The highest BCUT2D eigenvalue weighted by atomic mass is 35.5. The number of benzene rings is 1. The quantitative estimate of drug-likeness (QED) is 0.584. The number of halogens is 2. The largest absolute Gasteiger partial charge is 0.274 e. The monoisotopic (exact) mass is 321 g/mol. The summed E-state index contributed by atoms with van der Waals surface area (Å²) < 4.78 is 0. The lowest BCUT2D eigenvalue weighted by Crippen LogP contribution is -2.37. The fourth-order valence-electron chi connectivity index (χ4n) is 4.17. The van der Waals surface area contributed by atoms with Crippen molar-refractivity contribution in [1.82, 2.24) is 0 Å². The average molecular weight is 322 g/mol. The number of anilines is 1. The first-order chi connectivity index (χ1) is 9.94. The molecule has 21 heavy (non-hydrogen) atoms. The van der Waals surface area contributed by atoms with Crippen LogP contribution in [0.1, 0.15) is 13.3 Å². The molecular weight excluding hydrogens is 309 g/mol. The van der Waals surface area contributed by atoms with E-state index in [1.165, 1.54) is 4.90 Å². The number of imide groups is 1. The van der Waals surface area contributed by atoms with Gasteiger partial charge >= 0.3 is 0 Å². The van der Waals surface area contributed by atoms with Gasteiger partial charge in [-0.05, 0) is 43.4 Å². The fraction of sp³-hybridized carbons (Fsp3) is 0.375. The van der Waals surface area contributed by atoms with Gasteiger partial charge in [0, 0.05) is 0 Å². The molecule has 4 atom stereocenters. The molecule has 3 aliphatic rings. The molecule has 2 aliphatic carbocycles. The maximum absolute atomic E-state index is 12.9. The fourth-order valence-corrected chi connectivity index (χ4v) is 4.47. The zero-order chi connectivity index (χ0) is 14.9. The molecule has 2 amide bonds. The van der Waals surface area contributed by atoms with Crippen molar-refractivity contribution < 1.29 is 9.59 Å².